The molecule has 71 heavy (non-hydrogen) atoms. The van der Waals surface area contributed by atoms with E-state index in [2.05, 4.69) is 126 Å². The van der Waals surface area contributed by atoms with Gasteiger partial charge in [0.15, 0.2) is 0 Å². The molecule has 0 saturated heterocycles. The number of pyridine rings is 2. The Morgan fingerprint density at radius 1 is 0.479 bits per heavy atom. The van der Waals surface area contributed by atoms with Crippen molar-refractivity contribution in [1.29, 1.82) is 0 Å². The summed E-state index contributed by atoms with van der Waals surface area (Å²) >= 11 is 0. The highest BCUT2D eigenvalue weighted by Gasteiger charge is 2.28. The van der Waals surface area contributed by atoms with Crippen molar-refractivity contribution in [2.24, 2.45) is 0 Å². The Labute approximate surface area is 428 Å². The quantitative estimate of drug-likeness (QED) is 0.173. The smallest absolute Gasteiger partial charge is 0.137 e. The van der Waals surface area contributed by atoms with Crippen molar-refractivity contribution in [3.8, 4) is 28.4 Å². The van der Waals surface area contributed by atoms with Crippen LogP contribution in [0, 0.1) is 0 Å². The van der Waals surface area contributed by atoms with Gasteiger partial charge in [0.2, 0.25) is 0 Å². The first-order valence-corrected chi connectivity index (χ1v) is 24.2. The first-order valence-electron chi connectivity index (χ1n) is 28.7. The third-order valence-corrected chi connectivity index (χ3v) is 14.1. The van der Waals surface area contributed by atoms with E-state index in [0.29, 0.717) is 34.9 Å². The molecule has 350 valence electrons. The molecule has 0 fully saturated rings. The molecule has 12 rings (SSSR count). The van der Waals surface area contributed by atoms with Gasteiger partial charge in [-0.05, 0) is 98.5 Å². The molecular formula is C65H59N5O. The van der Waals surface area contributed by atoms with Gasteiger partial charge in [-0.3, -0.25) is 9.55 Å². The van der Waals surface area contributed by atoms with Crippen molar-refractivity contribution in [1.82, 2.24) is 19.1 Å². The van der Waals surface area contributed by atoms with Gasteiger partial charge >= 0.3 is 0 Å². The molecule has 1 aliphatic rings. The summed E-state index contributed by atoms with van der Waals surface area (Å²) in [6.07, 6.45) is 3.68. The average molecular weight is 935 g/mol. The lowest BCUT2D eigenvalue weighted by Crippen LogP contribution is -2.17. The molecule has 0 amide bonds. The monoisotopic (exact) mass is 935 g/mol. The number of para-hydroxylation sites is 3. The molecule has 0 unspecified atom stereocenters. The van der Waals surface area contributed by atoms with Gasteiger partial charge in [-0.15, -0.1) is 0 Å². The number of benzene rings is 7. The molecule has 7 aromatic carbocycles. The van der Waals surface area contributed by atoms with E-state index in [1.165, 1.54) is 17.7 Å². The standard InChI is InChI=1S/C65H59N5O/c1-63(2,3)42-31-33-66-59(37-42)70-56-27-13-12-21-50(56)51-30-29-47(39-58(51)70)71-46-19-14-18-45(38-46)68-40-69-61-48(41-34-43(64(4,5)6)36-44(35-41)65(7,8)9)23-15-24-54(61)49-20-10-11-22-52(49)60-53(26-17-32-67-60)55-25-16-28-57(68)62(55)69/h10-39H,40H2,1-9H3/i4D3,5D3,6D3. The van der Waals surface area contributed by atoms with E-state index in [0.717, 1.165) is 82.5 Å². The zero-order valence-electron chi connectivity index (χ0n) is 49.7. The first kappa shape index (κ1) is 35.2. The lowest BCUT2D eigenvalue weighted by molar-refractivity contribution is 0.483. The van der Waals surface area contributed by atoms with Gasteiger partial charge < -0.3 is 14.2 Å². The van der Waals surface area contributed by atoms with Crippen LogP contribution >= 0.6 is 0 Å². The van der Waals surface area contributed by atoms with Gasteiger partial charge in [-0.25, -0.2) is 4.98 Å². The van der Waals surface area contributed by atoms with E-state index in [1.807, 2.05) is 93.7 Å². The molecule has 0 aliphatic carbocycles. The number of fused-ring (bicyclic) bond motifs is 10. The second-order valence-electron chi connectivity index (χ2n) is 20.9. The summed E-state index contributed by atoms with van der Waals surface area (Å²) in [4.78, 5) is 12.2. The molecule has 6 nitrogen and oxygen atoms in total. The second-order valence-corrected chi connectivity index (χ2v) is 20.9. The van der Waals surface area contributed by atoms with Crippen molar-refractivity contribution >= 4 is 76.7 Å². The highest BCUT2D eigenvalue weighted by atomic mass is 16.5. The summed E-state index contributed by atoms with van der Waals surface area (Å²) in [6, 6.07) is 56.1. The van der Waals surface area contributed by atoms with E-state index >= 15 is 0 Å². The number of hydrogen-bond acceptors (Lipinski definition) is 4. The Morgan fingerprint density at radius 2 is 1.13 bits per heavy atom. The summed E-state index contributed by atoms with van der Waals surface area (Å²) in [5.74, 6) is 2.09. The van der Waals surface area contributed by atoms with Crippen LogP contribution in [0.15, 0.2) is 182 Å². The van der Waals surface area contributed by atoms with Gasteiger partial charge in [0.25, 0.3) is 0 Å². The van der Waals surface area contributed by atoms with Crippen molar-refractivity contribution in [2.45, 2.75) is 85.0 Å². The minimum atomic E-state index is -3.47. The van der Waals surface area contributed by atoms with Crippen LogP contribution in [-0.4, -0.2) is 19.1 Å². The predicted octanol–water partition coefficient (Wildman–Crippen LogP) is 17.6. The molecule has 0 radical (unpaired) electrons. The maximum absolute atomic E-state index is 8.79. The van der Waals surface area contributed by atoms with Gasteiger partial charge in [0.1, 0.15) is 24.0 Å². The van der Waals surface area contributed by atoms with Gasteiger partial charge in [0.05, 0.1) is 33.3 Å². The third kappa shape index (κ3) is 7.56. The molecule has 5 heterocycles. The number of nitrogens with zero attached hydrogens (tertiary/aromatic N) is 5. The van der Waals surface area contributed by atoms with E-state index in [4.69, 9.17) is 27.0 Å². The number of ether oxygens (including phenoxy) is 1. The van der Waals surface area contributed by atoms with Gasteiger partial charge in [-0.2, -0.15) is 0 Å². The van der Waals surface area contributed by atoms with E-state index in [1.54, 1.807) is 6.20 Å². The highest BCUT2D eigenvalue weighted by molar-refractivity contribution is 6.21. The van der Waals surface area contributed by atoms with Crippen LogP contribution in [-0.2, 0) is 22.9 Å². The summed E-state index contributed by atoms with van der Waals surface area (Å²) in [5.41, 5.74) is 4.75. The van der Waals surface area contributed by atoms with Crippen molar-refractivity contribution in [3.05, 3.63) is 199 Å². The maximum atomic E-state index is 8.79. The molecule has 0 bridgehead atoms. The topological polar surface area (TPSA) is 48.1 Å². The Balaban J connectivity index is 1.08. The number of aromatic nitrogens is 4. The summed E-state index contributed by atoms with van der Waals surface area (Å²) in [7, 11) is 0. The Hall–Kier alpha value is -7.96. The molecule has 0 saturated carbocycles. The van der Waals surface area contributed by atoms with Gasteiger partial charge in [-0.1, -0.05) is 165 Å². The molecule has 0 N–H and O–H groups in total. The zero-order chi connectivity index (χ0) is 56.5. The highest BCUT2D eigenvalue weighted by Crippen LogP contribution is 2.46. The fraction of sp³-hybridized carbons (Fsp3) is 0.200. The molecule has 1 aliphatic heterocycles. The van der Waals surface area contributed by atoms with Crippen LogP contribution in [0.1, 0.15) is 91.1 Å². The minimum Gasteiger partial charge on any atom is -0.457 e. The van der Waals surface area contributed by atoms with E-state index in [9.17, 15) is 0 Å². The normalized spacial score (nSPS) is 15.5. The molecule has 4 aromatic heterocycles. The SMILES string of the molecule is [2H]C([2H])([2H])C(c1cc(-c2cccc3c4ccccc4c4ncccc4c4cccc5c4n(c23)CN5c2cccc(Oc3ccc4c5ccccc5n(-c5cc(C(C)(C)C)ccn5)c4c3)c2)cc(C(C)(C)C)c1)(C([2H])([2H])[2H])C([2H])([2H])[2H]. The minimum absolute atomic E-state index is 0.0803. The molecule has 0 atom stereocenters. The third-order valence-electron chi connectivity index (χ3n) is 14.1. The predicted molar refractivity (Wildman–Crippen MR) is 299 cm³/mol. The lowest BCUT2D eigenvalue weighted by Gasteiger charge is -2.27. The summed E-state index contributed by atoms with van der Waals surface area (Å²) in [6.45, 7) is 2.32. The van der Waals surface area contributed by atoms with Crippen molar-refractivity contribution < 1.29 is 17.1 Å². The van der Waals surface area contributed by atoms with Crippen molar-refractivity contribution in [2.75, 3.05) is 4.90 Å². The molecular weight excluding hydrogens is 867 g/mol. The van der Waals surface area contributed by atoms with E-state index in [-0.39, 0.29) is 11.0 Å². The molecule has 11 aromatic rings. The molecule has 6 heteroatoms. The summed E-state index contributed by atoms with van der Waals surface area (Å²) < 4.78 is 90.4. The maximum Gasteiger partial charge on any atom is 0.137 e. The Bertz CT molecular complexity index is 4350. The van der Waals surface area contributed by atoms with Crippen LogP contribution in [0.25, 0.3) is 82.2 Å². The van der Waals surface area contributed by atoms with Crippen molar-refractivity contribution in [3.63, 3.8) is 0 Å². The first-order chi connectivity index (χ1) is 37.8. The van der Waals surface area contributed by atoms with Crippen LogP contribution in [0.2, 0.25) is 0 Å². The van der Waals surface area contributed by atoms with Crippen LogP contribution in [0.5, 0.6) is 11.5 Å². The fourth-order valence-electron chi connectivity index (χ4n) is 10.5. The van der Waals surface area contributed by atoms with Crippen LogP contribution in [0.4, 0.5) is 11.4 Å². The number of anilines is 2. The summed E-state index contributed by atoms with van der Waals surface area (Å²) in [5, 5.41) is 6.63. The Kier molecular flexibility index (Phi) is 8.08. The van der Waals surface area contributed by atoms with Gasteiger partial charge in [0, 0.05) is 80.4 Å². The van der Waals surface area contributed by atoms with Crippen LogP contribution < -0.4 is 9.64 Å². The molecule has 0 spiro atoms. The fourth-order valence-corrected chi connectivity index (χ4v) is 10.5. The second kappa shape index (κ2) is 16.3. The average Bonchev–Trinajstić information content (AvgIpc) is 3.97. The van der Waals surface area contributed by atoms with E-state index < -0.39 is 31.4 Å². The zero-order valence-corrected chi connectivity index (χ0v) is 40.7. The lowest BCUT2D eigenvalue weighted by atomic mass is 9.78. The largest absolute Gasteiger partial charge is 0.457 e. The number of rotatable bonds is 5. The van der Waals surface area contributed by atoms with Crippen LogP contribution in [0.3, 0.4) is 0 Å². The Morgan fingerprint density at radius 3 is 1.92 bits per heavy atom. The number of hydrogen-bond donors (Lipinski definition) is 0.